The summed E-state index contributed by atoms with van der Waals surface area (Å²) in [6.45, 7) is 4.38. The minimum absolute atomic E-state index is 0.250. The summed E-state index contributed by atoms with van der Waals surface area (Å²) in [7, 11) is 0. The Morgan fingerprint density at radius 2 is 1.22 bits per heavy atom. The summed E-state index contributed by atoms with van der Waals surface area (Å²) in [4.78, 5) is 16.2. The van der Waals surface area contributed by atoms with Crippen LogP contribution in [0.5, 0.6) is 0 Å². The van der Waals surface area contributed by atoms with Crippen LogP contribution in [0.4, 0.5) is 0 Å². The molecule has 0 saturated heterocycles. The van der Waals surface area contributed by atoms with Gasteiger partial charge in [-0.1, -0.05) is 36.4 Å². The Hall–Kier alpha value is -1.96. The van der Waals surface area contributed by atoms with Crippen LogP contribution in [0.1, 0.15) is 11.1 Å². The summed E-state index contributed by atoms with van der Waals surface area (Å²) in [5, 5.41) is 2.80. The molecule has 90 valence electrons. The van der Waals surface area contributed by atoms with E-state index in [1.54, 1.807) is 0 Å². The molecule has 2 nitrogen and oxygen atoms in total. The highest BCUT2D eigenvalue weighted by atomic mass is 32.1. The highest BCUT2D eigenvalue weighted by molar-refractivity contribution is 7.26. The van der Waals surface area contributed by atoms with Crippen LogP contribution in [0, 0.1) is 13.8 Å². The zero-order chi connectivity index (χ0) is 13.1. The lowest BCUT2D eigenvalue weighted by atomic mass is 10.1. The Kier molecular flexibility index (Phi) is 3.56. The zero-order valence-corrected chi connectivity index (χ0v) is 11.0. The molecule has 18 heavy (non-hydrogen) atoms. The highest BCUT2D eigenvalue weighted by Gasteiger charge is 2.07. The smallest absolute Gasteiger partial charge is 0.186 e. The van der Waals surface area contributed by atoms with Gasteiger partial charge in [0.1, 0.15) is 0 Å². The number of carbonyl (C=O) groups excluding carboxylic acids is 2. The normalized spacial score (nSPS) is 9.89. The lowest BCUT2D eigenvalue weighted by molar-refractivity contribution is -0.191. The fourth-order valence-corrected chi connectivity index (χ4v) is 3.34. The number of hydrogen-bond donors (Lipinski definition) is 0. The van der Waals surface area contributed by atoms with Gasteiger partial charge in [-0.3, -0.25) is 0 Å². The van der Waals surface area contributed by atoms with Crippen molar-refractivity contribution in [3.8, 4) is 0 Å². The van der Waals surface area contributed by atoms with Crippen LogP contribution in [-0.2, 0) is 9.59 Å². The van der Waals surface area contributed by atoms with Crippen molar-refractivity contribution in [3.63, 3.8) is 0 Å². The lowest BCUT2D eigenvalue weighted by Crippen LogP contribution is -1.71. The van der Waals surface area contributed by atoms with Crippen LogP contribution < -0.4 is 0 Å². The quantitative estimate of drug-likeness (QED) is 0.607. The second kappa shape index (κ2) is 5.13. The molecule has 0 spiro atoms. The molecule has 0 aliphatic carbocycles. The van der Waals surface area contributed by atoms with E-state index in [4.69, 9.17) is 9.59 Å². The highest BCUT2D eigenvalue weighted by Crippen LogP contribution is 2.36. The van der Waals surface area contributed by atoms with Crippen LogP contribution >= 0.6 is 11.3 Å². The van der Waals surface area contributed by atoms with E-state index in [2.05, 4.69) is 50.2 Å². The third kappa shape index (κ3) is 2.06. The SMILES string of the molecule is Cc1cccc2c1sc1c(C)cccc12.O=C=O. The van der Waals surface area contributed by atoms with E-state index in [0.717, 1.165) is 0 Å². The van der Waals surface area contributed by atoms with Crippen molar-refractivity contribution < 1.29 is 9.59 Å². The fourth-order valence-electron chi connectivity index (χ4n) is 2.10. The van der Waals surface area contributed by atoms with Gasteiger partial charge in [0.05, 0.1) is 0 Å². The van der Waals surface area contributed by atoms with E-state index in [0.29, 0.717) is 0 Å². The molecule has 0 fully saturated rings. The monoisotopic (exact) mass is 256 g/mol. The summed E-state index contributed by atoms with van der Waals surface area (Å²) < 4.78 is 2.86. The second-order valence-corrected chi connectivity index (χ2v) is 5.11. The first-order chi connectivity index (χ1) is 8.69. The van der Waals surface area contributed by atoms with E-state index < -0.39 is 0 Å². The first kappa shape index (κ1) is 12.5. The number of benzene rings is 2. The number of aryl methyl sites for hydroxylation is 2. The zero-order valence-electron chi connectivity index (χ0n) is 10.2. The van der Waals surface area contributed by atoms with Gasteiger partial charge < -0.3 is 0 Å². The van der Waals surface area contributed by atoms with Crippen molar-refractivity contribution in [2.45, 2.75) is 13.8 Å². The third-order valence-corrected chi connectivity index (χ3v) is 4.41. The average Bonchev–Trinajstić information content (AvgIpc) is 2.72. The average molecular weight is 256 g/mol. The van der Waals surface area contributed by atoms with Crippen molar-refractivity contribution in [1.29, 1.82) is 0 Å². The maximum atomic E-state index is 8.12. The third-order valence-electron chi connectivity index (χ3n) is 2.92. The Morgan fingerprint density at radius 3 is 1.61 bits per heavy atom. The van der Waals surface area contributed by atoms with Crippen LogP contribution in [0.25, 0.3) is 20.2 Å². The summed E-state index contributed by atoms with van der Waals surface area (Å²) in [5.74, 6) is 0. The standard InChI is InChI=1S/C14H12S.CO2/c1-9-5-3-7-11-12-8-4-6-10(2)14(12)15-13(9)11;2-1-3/h3-8H,1-2H3;. The summed E-state index contributed by atoms with van der Waals surface area (Å²) >= 11 is 1.91. The molecule has 0 aliphatic heterocycles. The molecule has 1 heterocycles. The van der Waals surface area contributed by atoms with Gasteiger partial charge in [0.15, 0.2) is 0 Å². The van der Waals surface area contributed by atoms with Gasteiger partial charge in [0.2, 0.25) is 0 Å². The summed E-state index contributed by atoms with van der Waals surface area (Å²) in [5.41, 5.74) is 2.77. The van der Waals surface area contributed by atoms with Crippen LogP contribution in [0.15, 0.2) is 36.4 Å². The fraction of sp³-hybridized carbons (Fsp3) is 0.133. The molecular weight excluding hydrogens is 244 g/mol. The molecule has 0 N–H and O–H groups in total. The van der Waals surface area contributed by atoms with Gasteiger partial charge in [-0.25, -0.2) is 0 Å². The van der Waals surface area contributed by atoms with E-state index >= 15 is 0 Å². The first-order valence-electron chi connectivity index (χ1n) is 5.55. The number of fused-ring (bicyclic) bond motifs is 3. The van der Waals surface area contributed by atoms with Gasteiger partial charge in [-0.05, 0) is 25.0 Å². The minimum Gasteiger partial charge on any atom is -0.186 e. The first-order valence-corrected chi connectivity index (χ1v) is 6.37. The van der Waals surface area contributed by atoms with Crippen molar-refractivity contribution in [1.82, 2.24) is 0 Å². The van der Waals surface area contributed by atoms with Crippen molar-refractivity contribution in [2.24, 2.45) is 0 Å². The molecule has 3 heteroatoms. The Labute approximate surface area is 109 Å². The van der Waals surface area contributed by atoms with Crippen LogP contribution in [0.3, 0.4) is 0 Å². The minimum atomic E-state index is 0.250. The molecule has 0 unspecified atom stereocenters. The van der Waals surface area contributed by atoms with E-state index in [1.165, 1.54) is 31.3 Å². The number of rotatable bonds is 0. The van der Waals surface area contributed by atoms with Crippen molar-refractivity contribution in [2.75, 3.05) is 0 Å². The second-order valence-electron chi connectivity index (χ2n) is 4.09. The molecule has 0 radical (unpaired) electrons. The molecule has 0 atom stereocenters. The van der Waals surface area contributed by atoms with Gasteiger partial charge in [0.25, 0.3) is 0 Å². The van der Waals surface area contributed by atoms with Gasteiger partial charge in [-0.15, -0.1) is 11.3 Å². The van der Waals surface area contributed by atoms with Crippen molar-refractivity contribution >= 4 is 37.7 Å². The molecule has 0 amide bonds. The predicted molar refractivity (Wildman–Crippen MR) is 73.8 cm³/mol. The van der Waals surface area contributed by atoms with Gasteiger partial charge in [0, 0.05) is 20.2 Å². The largest absolute Gasteiger partial charge is 0.373 e. The van der Waals surface area contributed by atoms with Crippen LogP contribution in [0.2, 0.25) is 0 Å². The number of hydrogen-bond acceptors (Lipinski definition) is 3. The van der Waals surface area contributed by atoms with E-state index in [9.17, 15) is 0 Å². The molecular formula is C15H12O2S. The van der Waals surface area contributed by atoms with Crippen LogP contribution in [-0.4, -0.2) is 6.15 Å². The van der Waals surface area contributed by atoms with Gasteiger partial charge >= 0.3 is 6.15 Å². The molecule has 3 rings (SSSR count). The summed E-state index contributed by atoms with van der Waals surface area (Å²) in [6, 6.07) is 13.1. The molecule has 0 bridgehead atoms. The topological polar surface area (TPSA) is 34.1 Å². The Bertz CT molecular complexity index is 678. The summed E-state index contributed by atoms with van der Waals surface area (Å²) in [6.07, 6.45) is 0.250. The van der Waals surface area contributed by atoms with E-state index in [1.807, 2.05) is 11.3 Å². The molecule has 0 saturated carbocycles. The van der Waals surface area contributed by atoms with Gasteiger partial charge in [-0.2, -0.15) is 9.59 Å². The lowest BCUT2D eigenvalue weighted by Gasteiger charge is -1.94. The molecule has 2 aromatic carbocycles. The van der Waals surface area contributed by atoms with E-state index in [-0.39, 0.29) is 6.15 Å². The van der Waals surface area contributed by atoms with Crippen molar-refractivity contribution in [3.05, 3.63) is 47.5 Å². The maximum Gasteiger partial charge on any atom is 0.373 e. The molecule has 1 aromatic heterocycles. The number of thiophene rings is 1. The Balaban J connectivity index is 0.000000367. The molecule has 0 aliphatic rings. The Morgan fingerprint density at radius 1 is 0.833 bits per heavy atom. The predicted octanol–water partition coefficient (Wildman–Crippen LogP) is 4.09. The maximum absolute atomic E-state index is 8.12. The molecule has 3 aromatic rings.